The van der Waals surface area contributed by atoms with Gasteiger partial charge in [-0.15, -0.1) is 0 Å². The van der Waals surface area contributed by atoms with Gasteiger partial charge in [-0.1, -0.05) is 35.5 Å². The van der Waals surface area contributed by atoms with Gasteiger partial charge in [0.1, 0.15) is 17.9 Å². The second-order valence-corrected chi connectivity index (χ2v) is 4.23. The summed E-state index contributed by atoms with van der Waals surface area (Å²) in [6, 6.07) is 12.4. The predicted octanol–water partition coefficient (Wildman–Crippen LogP) is 3.11. The average Bonchev–Trinajstić information content (AvgIpc) is 2.97. The molecular formula is C15H11NO4. The molecule has 0 aliphatic carbocycles. The van der Waals surface area contributed by atoms with Crippen molar-refractivity contribution in [1.82, 2.24) is 5.16 Å². The summed E-state index contributed by atoms with van der Waals surface area (Å²) in [7, 11) is 0. The lowest BCUT2D eigenvalue weighted by molar-refractivity contribution is 0.0693. The minimum absolute atomic E-state index is 0.138. The van der Waals surface area contributed by atoms with Crippen molar-refractivity contribution in [2.75, 3.05) is 0 Å². The summed E-state index contributed by atoms with van der Waals surface area (Å²) in [5, 5.41) is 14.5. The molecule has 5 heteroatoms. The third-order valence-corrected chi connectivity index (χ3v) is 2.97. The van der Waals surface area contributed by atoms with E-state index in [9.17, 15) is 9.90 Å². The number of aromatic carboxylic acids is 1. The zero-order valence-electron chi connectivity index (χ0n) is 10.4. The van der Waals surface area contributed by atoms with E-state index in [1.807, 2.05) is 18.2 Å². The maximum absolute atomic E-state index is 11.5. The standard InChI is InChI=1S/C15H11NO4/c17-15(18)14-12-4-2-1-3-10(12)5-6-13(14)19-9-11-7-8-16-20-11/h1-8H,9H2,(H,17,18). The van der Waals surface area contributed by atoms with Crippen molar-refractivity contribution in [3.05, 3.63) is 60.0 Å². The molecule has 0 atom stereocenters. The quantitative estimate of drug-likeness (QED) is 0.787. The molecule has 0 aliphatic rings. The fourth-order valence-corrected chi connectivity index (χ4v) is 2.06. The lowest BCUT2D eigenvalue weighted by Gasteiger charge is -2.10. The summed E-state index contributed by atoms with van der Waals surface area (Å²) < 4.78 is 10.5. The van der Waals surface area contributed by atoms with E-state index >= 15 is 0 Å². The van der Waals surface area contributed by atoms with Crippen LogP contribution in [0.3, 0.4) is 0 Å². The summed E-state index contributed by atoms with van der Waals surface area (Å²) in [5.41, 5.74) is 0.155. The minimum Gasteiger partial charge on any atom is -0.485 e. The molecule has 0 unspecified atom stereocenters. The lowest BCUT2D eigenvalue weighted by Crippen LogP contribution is -2.04. The van der Waals surface area contributed by atoms with E-state index in [-0.39, 0.29) is 12.2 Å². The van der Waals surface area contributed by atoms with Crippen LogP contribution in [0.1, 0.15) is 16.1 Å². The summed E-state index contributed by atoms with van der Waals surface area (Å²) in [6.45, 7) is 0.138. The summed E-state index contributed by atoms with van der Waals surface area (Å²) in [4.78, 5) is 11.5. The Morgan fingerprint density at radius 2 is 2.05 bits per heavy atom. The SMILES string of the molecule is O=C(O)c1c(OCc2ccno2)ccc2ccccc12. The summed E-state index contributed by atoms with van der Waals surface area (Å²) >= 11 is 0. The Morgan fingerprint density at radius 3 is 2.80 bits per heavy atom. The second kappa shape index (κ2) is 5.05. The molecule has 0 radical (unpaired) electrons. The zero-order chi connectivity index (χ0) is 13.9. The van der Waals surface area contributed by atoms with Crippen LogP contribution < -0.4 is 4.74 Å². The van der Waals surface area contributed by atoms with Gasteiger partial charge in [-0.3, -0.25) is 0 Å². The van der Waals surface area contributed by atoms with E-state index in [1.165, 1.54) is 6.20 Å². The zero-order valence-corrected chi connectivity index (χ0v) is 10.4. The fraction of sp³-hybridized carbons (Fsp3) is 0.0667. The lowest BCUT2D eigenvalue weighted by atomic mass is 10.0. The van der Waals surface area contributed by atoms with Crippen molar-refractivity contribution in [2.45, 2.75) is 6.61 Å². The van der Waals surface area contributed by atoms with Crippen molar-refractivity contribution in [2.24, 2.45) is 0 Å². The molecular weight excluding hydrogens is 258 g/mol. The molecule has 5 nitrogen and oxygen atoms in total. The van der Waals surface area contributed by atoms with Crippen molar-refractivity contribution in [1.29, 1.82) is 0 Å². The third kappa shape index (κ3) is 2.21. The number of fused-ring (bicyclic) bond motifs is 1. The van der Waals surface area contributed by atoms with Gasteiger partial charge in [-0.05, 0) is 16.8 Å². The Bertz CT molecular complexity index is 750. The molecule has 1 N–H and O–H groups in total. The monoisotopic (exact) mass is 269 g/mol. The Kier molecular flexibility index (Phi) is 3.09. The highest BCUT2D eigenvalue weighted by Gasteiger charge is 2.16. The van der Waals surface area contributed by atoms with Crippen molar-refractivity contribution in [3.63, 3.8) is 0 Å². The van der Waals surface area contributed by atoms with Crippen LogP contribution in [0.2, 0.25) is 0 Å². The number of hydrogen-bond donors (Lipinski definition) is 1. The first-order valence-corrected chi connectivity index (χ1v) is 6.03. The molecule has 0 fully saturated rings. The average molecular weight is 269 g/mol. The number of carbonyl (C=O) groups is 1. The number of aromatic nitrogens is 1. The highest BCUT2D eigenvalue weighted by Crippen LogP contribution is 2.28. The van der Waals surface area contributed by atoms with Crippen LogP contribution in [0, 0.1) is 0 Å². The van der Waals surface area contributed by atoms with E-state index in [1.54, 1.807) is 24.3 Å². The van der Waals surface area contributed by atoms with Gasteiger partial charge in [-0.2, -0.15) is 0 Å². The van der Waals surface area contributed by atoms with Crippen LogP contribution in [-0.2, 0) is 6.61 Å². The first-order chi connectivity index (χ1) is 9.75. The number of carboxylic acids is 1. The van der Waals surface area contributed by atoms with Crippen molar-refractivity contribution < 1.29 is 19.2 Å². The maximum atomic E-state index is 11.5. The van der Waals surface area contributed by atoms with E-state index in [4.69, 9.17) is 9.26 Å². The highest BCUT2D eigenvalue weighted by atomic mass is 16.5. The molecule has 0 amide bonds. The Balaban J connectivity index is 2.01. The Hall–Kier alpha value is -2.82. The fourth-order valence-electron chi connectivity index (χ4n) is 2.06. The Labute approximate surface area is 114 Å². The molecule has 0 saturated heterocycles. The molecule has 2 aromatic carbocycles. The first kappa shape index (κ1) is 12.2. The molecule has 1 heterocycles. The van der Waals surface area contributed by atoms with Gasteiger partial charge in [-0.25, -0.2) is 4.79 Å². The smallest absolute Gasteiger partial charge is 0.340 e. The largest absolute Gasteiger partial charge is 0.485 e. The normalized spacial score (nSPS) is 10.6. The number of rotatable bonds is 4. The van der Waals surface area contributed by atoms with Gasteiger partial charge in [0, 0.05) is 6.07 Å². The van der Waals surface area contributed by atoms with Gasteiger partial charge >= 0.3 is 5.97 Å². The third-order valence-electron chi connectivity index (χ3n) is 2.97. The van der Waals surface area contributed by atoms with Crippen LogP contribution in [0.25, 0.3) is 10.8 Å². The van der Waals surface area contributed by atoms with E-state index in [0.29, 0.717) is 16.9 Å². The number of carboxylic acid groups (broad SMARTS) is 1. The molecule has 3 rings (SSSR count). The molecule has 20 heavy (non-hydrogen) atoms. The number of benzene rings is 2. The molecule has 100 valence electrons. The number of hydrogen-bond acceptors (Lipinski definition) is 4. The topological polar surface area (TPSA) is 72.6 Å². The van der Waals surface area contributed by atoms with Gasteiger partial charge in [0.2, 0.25) is 0 Å². The van der Waals surface area contributed by atoms with Crippen LogP contribution in [-0.4, -0.2) is 16.2 Å². The van der Waals surface area contributed by atoms with E-state index in [2.05, 4.69) is 5.16 Å². The number of ether oxygens (including phenoxy) is 1. The van der Waals surface area contributed by atoms with E-state index in [0.717, 1.165) is 5.39 Å². The molecule has 0 bridgehead atoms. The van der Waals surface area contributed by atoms with Gasteiger partial charge in [0.05, 0.1) is 6.20 Å². The van der Waals surface area contributed by atoms with Crippen molar-refractivity contribution >= 4 is 16.7 Å². The minimum atomic E-state index is -1.02. The second-order valence-electron chi connectivity index (χ2n) is 4.23. The van der Waals surface area contributed by atoms with Crippen LogP contribution >= 0.6 is 0 Å². The summed E-state index contributed by atoms with van der Waals surface area (Å²) in [5.74, 6) is -0.170. The maximum Gasteiger partial charge on any atom is 0.340 e. The molecule has 1 aromatic heterocycles. The van der Waals surface area contributed by atoms with Gasteiger partial charge in [0.25, 0.3) is 0 Å². The number of nitrogens with zero attached hydrogens (tertiary/aromatic N) is 1. The molecule has 0 saturated carbocycles. The van der Waals surface area contributed by atoms with E-state index < -0.39 is 5.97 Å². The summed E-state index contributed by atoms with van der Waals surface area (Å²) in [6.07, 6.45) is 1.51. The molecule has 3 aromatic rings. The van der Waals surface area contributed by atoms with Crippen LogP contribution in [0.4, 0.5) is 0 Å². The predicted molar refractivity (Wildman–Crippen MR) is 71.7 cm³/mol. The van der Waals surface area contributed by atoms with Crippen LogP contribution in [0.15, 0.2) is 53.2 Å². The highest BCUT2D eigenvalue weighted by molar-refractivity contribution is 6.06. The van der Waals surface area contributed by atoms with Crippen LogP contribution in [0.5, 0.6) is 5.75 Å². The van der Waals surface area contributed by atoms with Gasteiger partial charge < -0.3 is 14.4 Å². The Morgan fingerprint density at radius 1 is 1.20 bits per heavy atom. The molecule has 0 spiro atoms. The van der Waals surface area contributed by atoms with Gasteiger partial charge in [0.15, 0.2) is 5.76 Å². The first-order valence-electron chi connectivity index (χ1n) is 6.03. The van der Waals surface area contributed by atoms with Crippen molar-refractivity contribution in [3.8, 4) is 5.75 Å². The molecule has 0 aliphatic heterocycles.